The fourth-order valence-corrected chi connectivity index (χ4v) is 4.35. The third-order valence-corrected chi connectivity index (χ3v) is 6.08. The Hall–Kier alpha value is -2.53. The first kappa shape index (κ1) is 23.1. The van der Waals surface area contributed by atoms with Gasteiger partial charge in [0.15, 0.2) is 0 Å². The van der Waals surface area contributed by atoms with Crippen molar-refractivity contribution in [2.45, 2.75) is 64.1 Å². The van der Waals surface area contributed by atoms with Gasteiger partial charge in [0.25, 0.3) is 0 Å². The average Bonchev–Trinajstić information content (AvgIpc) is 3.27. The zero-order valence-electron chi connectivity index (χ0n) is 18.3. The highest BCUT2D eigenvalue weighted by Gasteiger charge is 2.30. The third-order valence-electron chi connectivity index (χ3n) is 5.84. The van der Waals surface area contributed by atoms with Gasteiger partial charge >= 0.3 is 0 Å². The second-order valence-corrected chi connectivity index (χ2v) is 8.53. The summed E-state index contributed by atoms with van der Waals surface area (Å²) >= 11 is 6.10. The van der Waals surface area contributed by atoms with E-state index in [1.165, 1.54) is 0 Å². The van der Waals surface area contributed by atoms with E-state index in [0.717, 1.165) is 42.6 Å². The van der Waals surface area contributed by atoms with Crippen molar-refractivity contribution in [2.24, 2.45) is 0 Å². The molecule has 0 heterocycles. The molecule has 1 N–H and O–H groups in total. The molecule has 0 aliphatic heterocycles. The van der Waals surface area contributed by atoms with Gasteiger partial charge in [0.2, 0.25) is 11.8 Å². The summed E-state index contributed by atoms with van der Waals surface area (Å²) in [6.45, 7) is 2.31. The number of benzene rings is 2. The number of carbonyl (C=O) groups is 2. The number of methoxy groups -OCH3 is 1. The van der Waals surface area contributed by atoms with Crippen LogP contribution in [0.25, 0.3) is 0 Å². The van der Waals surface area contributed by atoms with Crippen LogP contribution in [0.2, 0.25) is 5.02 Å². The molecular weight excluding hydrogens is 412 g/mol. The lowest BCUT2D eigenvalue weighted by atomic mass is 10.1. The fourth-order valence-electron chi connectivity index (χ4n) is 4.14. The molecule has 1 atom stereocenters. The number of carbonyl (C=O) groups excluding carboxylic acids is 2. The number of rotatable bonds is 9. The quantitative estimate of drug-likeness (QED) is 0.609. The van der Waals surface area contributed by atoms with Crippen LogP contribution in [0.5, 0.6) is 5.75 Å². The molecule has 31 heavy (non-hydrogen) atoms. The molecule has 2 aromatic carbocycles. The summed E-state index contributed by atoms with van der Waals surface area (Å²) in [4.78, 5) is 28.2. The summed E-state index contributed by atoms with van der Waals surface area (Å²) in [5.74, 6) is 0.598. The minimum Gasteiger partial charge on any atom is -0.497 e. The van der Waals surface area contributed by atoms with Crippen LogP contribution in [0.15, 0.2) is 48.5 Å². The van der Waals surface area contributed by atoms with Crippen LogP contribution in [-0.2, 0) is 22.6 Å². The summed E-state index contributed by atoms with van der Waals surface area (Å²) in [7, 11) is 1.62. The van der Waals surface area contributed by atoms with Gasteiger partial charge in [-0.2, -0.15) is 0 Å². The zero-order valence-corrected chi connectivity index (χ0v) is 19.0. The zero-order chi connectivity index (χ0) is 22.2. The highest BCUT2D eigenvalue weighted by Crippen LogP contribution is 2.21. The van der Waals surface area contributed by atoms with Crippen molar-refractivity contribution < 1.29 is 14.3 Å². The maximum atomic E-state index is 13.4. The molecule has 0 spiro atoms. The van der Waals surface area contributed by atoms with Crippen LogP contribution in [0, 0.1) is 0 Å². The van der Waals surface area contributed by atoms with Gasteiger partial charge in [-0.1, -0.05) is 55.6 Å². The summed E-state index contributed by atoms with van der Waals surface area (Å²) in [5, 5.41) is 3.76. The molecule has 3 rings (SSSR count). The average molecular weight is 443 g/mol. The van der Waals surface area contributed by atoms with Crippen LogP contribution in [0.3, 0.4) is 0 Å². The molecule has 0 saturated heterocycles. The Morgan fingerprint density at radius 2 is 1.84 bits per heavy atom. The second-order valence-electron chi connectivity index (χ2n) is 8.09. The van der Waals surface area contributed by atoms with Gasteiger partial charge in [-0.05, 0) is 54.7 Å². The van der Waals surface area contributed by atoms with Crippen LogP contribution >= 0.6 is 11.6 Å². The van der Waals surface area contributed by atoms with Crippen LogP contribution < -0.4 is 10.1 Å². The first-order valence-electron chi connectivity index (χ1n) is 11.0. The molecular formula is C25H31ClN2O3. The molecule has 0 aromatic heterocycles. The van der Waals surface area contributed by atoms with E-state index < -0.39 is 6.04 Å². The topological polar surface area (TPSA) is 58.6 Å². The summed E-state index contributed by atoms with van der Waals surface area (Å²) < 4.78 is 5.24. The smallest absolute Gasteiger partial charge is 0.243 e. The Morgan fingerprint density at radius 1 is 1.13 bits per heavy atom. The largest absolute Gasteiger partial charge is 0.497 e. The number of nitrogens with one attached hydrogen (secondary N) is 1. The van der Waals surface area contributed by atoms with Crippen molar-refractivity contribution >= 4 is 23.4 Å². The predicted octanol–water partition coefficient (Wildman–Crippen LogP) is 4.76. The predicted molar refractivity (Wildman–Crippen MR) is 123 cm³/mol. The molecule has 0 radical (unpaired) electrons. The monoisotopic (exact) mass is 442 g/mol. The van der Waals surface area contributed by atoms with Gasteiger partial charge in [0, 0.05) is 17.6 Å². The van der Waals surface area contributed by atoms with E-state index in [4.69, 9.17) is 16.3 Å². The number of amides is 2. The van der Waals surface area contributed by atoms with E-state index in [9.17, 15) is 9.59 Å². The fraction of sp³-hybridized carbons (Fsp3) is 0.440. The Balaban J connectivity index is 1.81. The van der Waals surface area contributed by atoms with Crippen LogP contribution in [-0.4, -0.2) is 35.9 Å². The molecule has 1 fully saturated rings. The molecule has 6 heteroatoms. The second kappa shape index (κ2) is 11.2. The molecule has 166 valence electrons. The number of ether oxygens (including phenoxy) is 1. The van der Waals surface area contributed by atoms with Gasteiger partial charge in [-0.3, -0.25) is 9.59 Å². The van der Waals surface area contributed by atoms with Gasteiger partial charge in [-0.15, -0.1) is 0 Å². The summed E-state index contributed by atoms with van der Waals surface area (Å²) in [5.41, 5.74) is 1.79. The molecule has 1 saturated carbocycles. The van der Waals surface area contributed by atoms with Gasteiger partial charge < -0.3 is 15.0 Å². The van der Waals surface area contributed by atoms with E-state index >= 15 is 0 Å². The van der Waals surface area contributed by atoms with E-state index in [2.05, 4.69) is 5.32 Å². The van der Waals surface area contributed by atoms with E-state index in [1.54, 1.807) is 24.1 Å². The normalized spacial score (nSPS) is 14.8. The minimum atomic E-state index is -0.519. The molecule has 2 aromatic rings. The number of hydrogen-bond donors (Lipinski definition) is 1. The van der Waals surface area contributed by atoms with Crippen molar-refractivity contribution in [1.29, 1.82) is 0 Å². The van der Waals surface area contributed by atoms with Crippen LogP contribution in [0.4, 0.5) is 0 Å². The Kier molecular flexibility index (Phi) is 8.35. The molecule has 1 aliphatic rings. The van der Waals surface area contributed by atoms with E-state index in [-0.39, 0.29) is 24.3 Å². The Bertz CT molecular complexity index is 879. The lowest BCUT2D eigenvalue weighted by Crippen LogP contribution is -2.51. The lowest BCUT2D eigenvalue weighted by molar-refractivity contribution is -0.141. The van der Waals surface area contributed by atoms with E-state index in [1.807, 2.05) is 43.3 Å². The van der Waals surface area contributed by atoms with Crippen LogP contribution in [0.1, 0.15) is 50.2 Å². The maximum absolute atomic E-state index is 13.4. The maximum Gasteiger partial charge on any atom is 0.243 e. The third kappa shape index (κ3) is 6.47. The first-order valence-corrected chi connectivity index (χ1v) is 11.3. The number of hydrogen-bond acceptors (Lipinski definition) is 3. The molecule has 2 amide bonds. The summed E-state index contributed by atoms with van der Waals surface area (Å²) in [6.07, 6.45) is 5.06. The summed E-state index contributed by atoms with van der Waals surface area (Å²) in [6, 6.07) is 14.6. The number of halogens is 1. The van der Waals surface area contributed by atoms with Crippen molar-refractivity contribution in [3.05, 3.63) is 64.7 Å². The van der Waals surface area contributed by atoms with Gasteiger partial charge in [-0.25, -0.2) is 0 Å². The molecule has 0 bridgehead atoms. The highest BCUT2D eigenvalue weighted by molar-refractivity contribution is 6.30. The highest BCUT2D eigenvalue weighted by atomic mass is 35.5. The molecule has 5 nitrogen and oxygen atoms in total. The van der Waals surface area contributed by atoms with Gasteiger partial charge in [0.1, 0.15) is 11.8 Å². The van der Waals surface area contributed by atoms with E-state index in [0.29, 0.717) is 18.0 Å². The van der Waals surface area contributed by atoms with Crippen molar-refractivity contribution in [3.8, 4) is 5.75 Å². The SMILES string of the molecule is CC[C@@H](C(=O)NC1CCCC1)N(Cc1ccc(OC)cc1)C(=O)Cc1cccc(Cl)c1. The Labute approximate surface area is 189 Å². The first-order chi connectivity index (χ1) is 15.0. The minimum absolute atomic E-state index is 0.0673. The van der Waals surface area contributed by atoms with Gasteiger partial charge in [0.05, 0.1) is 13.5 Å². The number of nitrogens with zero attached hydrogens (tertiary/aromatic N) is 1. The Morgan fingerprint density at radius 3 is 2.45 bits per heavy atom. The molecule has 1 aliphatic carbocycles. The van der Waals surface area contributed by atoms with Crippen molar-refractivity contribution in [1.82, 2.24) is 10.2 Å². The van der Waals surface area contributed by atoms with Crippen molar-refractivity contribution in [3.63, 3.8) is 0 Å². The molecule has 0 unspecified atom stereocenters. The van der Waals surface area contributed by atoms with Crippen molar-refractivity contribution in [2.75, 3.05) is 7.11 Å². The lowest BCUT2D eigenvalue weighted by Gasteiger charge is -2.31. The standard InChI is InChI=1S/C25H31ClN2O3/c1-3-23(25(30)27-21-9-4-5-10-21)28(17-18-11-13-22(31-2)14-12-18)24(29)16-19-7-6-8-20(26)15-19/h6-8,11-15,21,23H,3-5,9-10,16-17H2,1-2H3,(H,27,30)/t23-/m0/s1.